The molecule has 22 heavy (non-hydrogen) atoms. The van der Waals surface area contributed by atoms with E-state index in [4.69, 9.17) is 10.5 Å². The van der Waals surface area contributed by atoms with E-state index in [1.165, 1.54) is 0 Å². The van der Waals surface area contributed by atoms with Crippen molar-refractivity contribution >= 4 is 17.5 Å². The molecular weight excluding hydrogens is 282 g/mol. The van der Waals surface area contributed by atoms with E-state index >= 15 is 0 Å². The lowest BCUT2D eigenvalue weighted by atomic mass is 9.92. The molecule has 2 amide bonds. The number of anilines is 1. The Morgan fingerprint density at radius 3 is 2.86 bits per heavy atom. The van der Waals surface area contributed by atoms with Gasteiger partial charge in [-0.2, -0.15) is 0 Å². The van der Waals surface area contributed by atoms with Crippen LogP contribution < -0.4 is 21.1 Å². The van der Waals surface area contributed by atoms with Gasteiger partial charge in [-0.3, -0.25) is 9.59 Å². The van der Waals surface area contributed by atoms with E-state index in [1.54, 1.807) is 18.2 Å². The zero-order valence-electron chi connectivity index (χ0n) is 12.4. The van der Waals surface area contributed by atoms with Crippen molar-refractivity contribution in [1.29, 1.82) is 0 Å². The molecule has 118 valence electrons. The van der Waals surface area contributed by atoms with Crippen molar-refractivity contribution in [3.63, 3.8) is 0 Å². The Hall–Kier alpha value is -2.08. The van der Waals surface area contributed by atoms with Gasteiger partial charge in [0.1, 0.15) is 5.75 Å². The molecule has 1 aliphatic carbocycles. The van der Waals surface area contributed by atoms with Gasteiger partial charge in [-0.25, -0.2) is 0 Å². The summed E-state index contributed by atoms with van der Waals surface area (Å²) < 4.78 is 5.24. The second-order valence-electron chi connectivity index (χ2n) is 6.14. The molecule has 3 rings (SSSR count). The molecule has 6 heteroatoms. The van der Waals surface area contributed by atoms with Crippen molar-refractivity contribution in [3.05, 3.63) is 24.3 Å². The largest absolute Gasteiger partial charge is 0.484 e. The highest BCUT2D eigenvalue weighted by Crippen LogP contribution is 2.58. The third kappa shape index (κ3) is 3.22. The summed E-state index contributed by atoms with van der Waals surface area (Å²) >= 11 is 0. The molecule has 0 bridgehead atoms. The van der Waals surface area contributed by atoms with Gasteiger partial charge in [-0.05, 0) is 49.9 Å². The lowest BCUT2D eigenvalue weighted by molar-refractivity contribution is -0.120. The number of primary amides is 1. The van der Waals surface area contributed by atoms with Gasteiger partial charge in [0, 0.05) is 17.7 Å². The molecule has 1 unspecified atom stereocenters. The van der Waals surface area contributed by atoms with E-state index in [-0.39, 0.29) is 23.8 Å². The van der Waals surface area contributed by atoms with Crippen LogP contribution in [0.15, 0.2) is 24.3 Å². The fourth-order valence-electron chi connectivity index (χ4n) is 3.24. The average molecular weight is 303 g/mol. The fourth-order valence-corrected chi connectivity index (χ4v) is 3.24. The topological polar surface area (TPSA) is 93.5 Å². The summed E-state index contributed by atoms with van der Waals surface area (Å²) in [6.07, 6.45) is 3.14. The summed E-state index contributed by atoms with van der Waals surface area (Å²) in [5.74, 6) is 0.183. The first-order chi connectivity index (χ1) is 10.6. The highest BCUT2D eigenvalue weighted by Gasteiger charge is 2.57. The smallest absolute Gasteiger partial charge is 0.255 e. The highest BCUT2D eigenvalue weighted by molar-refractivity contribution is 5.95. The Morgan fingerprint density at radius 2 is 2.14 bits per heavy atom. The third-order valence-corrected chi connectivity index (χ3v) is 4.59. The van der Waals surface area contributed by atoms with Crippen molar-refractivity contribution in [3.8, 4) is 5.75 Å². The molecule has 1 aliphatic heterocycles. The minimum atomic E-state index is -0.528. The van der Waals surface area contributed by atoms with Crippen molar-refractivity contribution in [1.82, 2.24) is 5.32 Å². The molecule has 1 aromatic rings. The number of rotatable bonds is 5. The van der Waals surface area contributed by atoms with Crippen LogP contribution >= 0.6 is 0 Å². The lowest BCUT2D eigenvalue weighted by Crippen LogP contribution is -2.31. The van der Waals surface area contributed by atoms with E-state index < -0.39 is 5.91 Å². The molecule has 4 N–H and O–H groups in total. The Kier molecular flexibility index (Phi) is 4.02. The van der Waals surface area contributed by atoms with Gasteiger partial charge in [0.05, 0.1) is 0 Å². The molecule has 0 aromatic heterocycles. The van der Waals surface area contributed by atoms with Crippen LogP contribution in [-0.2, 0) is 9.59 Å². The zero-order valence-corrected chi connectivity index (χ0v) is 12.4. The third-order valence-electron chi connectivity index (χ3n) is 4.59. The number of nitrogens with one attached hydrogen (secondary N) is 2. The van der Waals surface area contributed by atoms with Crippen molar-refractivity contribution in [2.24, 2.45) is 17.1 Å². The van der Waals surface area contributed by atoms with E-state index in [0.29, 0.717) is 11.4 Å². The van der Waals surface area contributed by atoms with Gasteiger partial charge in [-0.15, -0.1) is 0 Å². The average Bonchev–Trinajstić information content (AvgIpc) is 3.20. The maximum absolute atomic E-state index is 12.4. The minimum absolute atomic E-state index is 0.0777. The maximum atomic E-state index is 12.4. The monoisotopic (exact) mass is 303 g/mol. The number of nitrogens with two attached hydrogens (primary N) is 1. The minimum Gasteiger partial charge on any atom is -0.484 e. The molecule has 1 aromatic carbocycles. The van der Waals surface area contributed by atoms with Crippen LogP contribution in [0.5, 0.6) is 5.75 Å². The maximum Gasteiger partial charge on any atom is 0.255 e. The molecule has 6 nitrogen and oxygen atoms in total. The molecule has 1 heterocycles. The van der Waals surface area contributed by atoms with Crippen LogP contribution in [-0.4, -0.2) is 31.5 Å². The molecule has 2 fully saturated rings. The van der Waals surface area contributed by atoms with Crippen LogP contribution in [0.4, 0.5) is 5.69 Å². The highest BCUT2D eigenvalue weighted by atomic mass is 16.5. The molecular formula is C16H21N3O3. The van der Waals surface area contributed by atoms with Crippen LogP contribution in [0, 0.1) is 11.3 Å². The van der Waals surface area contributed by atoms with E-state index in [1.807, 2.05) is 6.07 Å². The predicted molar refractivity (Wildman–Crippen MR) is 82.4 cm³/mol. The Labute approximate surface area is 129 Å². The molecule has 1 spiro atoms. The summed E-state index contributed by atoms with van der Waals surface area (Å²) in [7, 11) is 0. The second kappa shape index (κ2) is 5.96. The van der Waals surface area contributed by atoms with Crippen LogP contribution in [0.3, 0.4) is 0 Å². The number of hydrogen-bond donors (Lipinski definition) is 3. The van der Waals surface area contributed by atoms with E-state index in [9.17, 15) is 9.59 Å². The molecule has 0 radical (unpaired) electrons. The number of benzene rings is 1. The normalized spacial score (nSPS) is 22.1. The zero-order chi connectivity index (χ0) is 15.6. The number of carbonyl (C=O) groups excluding carboxylic acids is 2. The van der Waals surface area contributed by atoms with Gasteiger partial charge >= 0.3 is 0 Å². The second-order valence-corrected chi connectivity index (χ2v) is 6.14. The summed E-state index contributed by atoms with van der Waals surface area (Å²) in [6.45, 7) is 1.83. The molecule has 1 saturated heterocycles. The van der Waals surface area contributed by atoms with Crippen molar-refractivity contribution in [2.45, 2.75) is 19.3 Å². The first kappa shape index (κ1) is 14.8. The van der Waals surface area contributed by atoms with Crippen LogP contribution in [0.25, 0.3) is 0 Å². The first-order valence-corrected chi connectivity index (χ1v) is 7.62. The quantitative estimate of drug-likeness (QED) is 0.752. The SMILES string of the molecule is NC(=O)COc1cccc(NC(=O)C2CC23CCNCC3)c1. The molecule has 1 atom stereocenters. The number of amides is 2. The number of carbonyl (C=O) groups is 2. The van der Waals surface area contributed by atoms with Gasteiger partial charge in [0.25, 0.3) is 5.91 Å². The van der Waals surface area contributed by atoms with Gasteiger partial charge < -0.3 is 21.1 Å². The van der Waals surface area contributed by atoms with E-state index in [2.05, 4.69) is 10.6 Å². The van der Waals surface area contributed by atoms with E-state index in [0.717, 1.165) is 32.4 Å². The van der Waals surface area contributed by atoms with Crippen LogP contribution in [0.1, 0.15) is 19.3 Å². The van der Waals surface area contributed by atoms with Crippen molar-refractivity contribution in [2.75, 3.05) is 25.0 Å². The number of piperidine rings is 1. The first-order valence-electron chi connectivity index (χ1n) is 7.62. The summed E-state index contributed by atoms with van der Waals surface area (Å²) in [4.78, 5) is 23.1. The molecule has 2 aliphatic rings. The summed E-state index contributed by atoms with van der Waals surface area (Å²) in [5.41, 5.74) is 5.95. The van der Waals surface area contributed by atoms with Gasteiger partial charge in [-0.1, -0.05) is 6.07 Å². The Morgan fingerprint density at radius 1 is 1.36 bits per heavy atom. The Bertz CT molecular complexity index is 582. The number of hydrogen-bond acceptors (Lipinski definition) is 4. The standard InChI is InChI=1S/C16H21N3O3/c17-14(20)10-22-12-3-1-2-11(8-12)19-15(21)13-9-16(13)4-6-18-7-5-16/h1-3,8,13,18H,4-7,9-10H2,(H2,17,20)(H,19,21). The fraction of sp³-hybridized carbons (Fsp3) is 0.500. The Balaban J connectivity index is 1.58. The lowest BCUT2D eigenvalue weighted by Gasteiger charge is -2.23. The predicted octanol–water partition coefficient (Wildman–Crippen LogP) is 0.879. The summed E-state index contributed by atoms with van der Waals surface area (Å²) in [6, 6.07) is 7.02. The number of ether oxygens (including phenoxy) is 1. The van der Waals surface area contributed by atoms with Gasteiger partial charge in [0.15, 0.2) is 6.61 Å². The van der Waals surface area contributed by atoms with Crippen LogP contribution in [0.2, 0.25) is 0 Å². The van der Waals surface area contributed by atoms with Crippen molar-refractivity contribution < 1.29 is 14.3 Å². The van der Waals surface area contributed by atoms with Gasteiger partial charge in [0.2, 0.25) is 5.91 Å². The summed E-state index contributed by atoms with van der Waals surface area (Å²) in [5, 5.41) is 6.28. The molecule has 1 saturated carbocycles.